The van der Waals surface area contributed by atoms with E-state index < -0.39 is 0 Å². The topological polar surface area (TPSA) is 42.7 Å². The number of nitrogens with zero attached hydrogens (tertiary/aromatic N) is 3. The van der Waals surface area contributed by atoms with Crippen LogP contribution in [0.1, 0.15) is 25.1 Å². The highest BCUT2D eigenvalue weighted by Crippen LogP contribution is 2.20. The summed E-state index contributed by atoms with van der Waals surface area (Å²) < 4.78 is 13.1. The van der Waals surface area contributed by atoms with Crippen LogP contribution in [0.2, 0.25) is 0 Å². The lowest BCUT2D eigenvalue weighted by atomic mass is 10.1. The maximum Gasteiger partial charge on any atom is 0.123 e. The summed E-state index contributed by atoms with van der Waals surface area (Å²) in [5.41, 5.74) is 3.83. The lowest BCUT2D eigenvalue weighted by Crippen LogP contribution is -2.19. The number of benzene rings is 2. The van der Waals surface area contributed by atoms with E-state index in [1.807, 2.05) is 30.3 Å². The molecule has 0 saturated carbocycles. The molecule has 0 aliphatic heterocycles. The summed E-state index contributed by atoms with van der Waals surface area (Å²) in [6, 6.07) is 16.5. The summed E-state index contributed by atoms with van der Waals surface area (Å²) in [4.78, 5) is 1.68. The lowest BCUT2D eigenvalue weighted by molar-refractivity contribution is 0.537. The van der Waals surface area contributed by atoms with Gasteiger partial charge >= 0.3 is 0 Å². The molecule has 1 aromatic heterocycles. The SMILES string of the molecule is CC(C)CNCc1nn(Cc2ccc(F)cc2)nc1-c1ccccc1. The molecule has 4 nitrogen and oxygen atoms in total. The van der Waals surface area contributed by atoms with Gasteiger partial charge in [-0.25, -0.2) is 4.39 Å². The van der Waals surface area contributed by atoms with Crippen LogP contribution >= 0.6 is 0 Å². The van der Waals surface area contributed by atoms with Gasteiger partial charge in [0.05, 0.1) is 6.54 Å². The molecule has 5 heteroatoms. The minimum Gasteiger partial charge on any atom is -0.311 e. The third-order valence-electron chi connectivity index (χ3n) is 3.85. The number of hydrogen-bond donors (Lipinski definition) is 1. The Bertz CT molecular complexity index is 794. The van der Waals surface area contributed by atoms with Crippen molar-refractivity contribution in [3.05, 3.63) is 71.7 Å². The summed E-state index contributed by atoms with van der Waals surface area (Å²) in [6.45, 7) is 6.47. The smallest absolute Gasteiger partial charge is 0.123 e. The van der Waals surface area contributed by atoms with Gasteiger partial charge in [-0.2, -0.15) is 15.0 Å². The zero-order chi connectivity index (χ0) is 17.6. The van der Waals surface area contributed by atoms with Crippen LogP contribution in [0.4, 0.5) is 4.39 Å². The van der Waals surface area contributed by atoms with E-state index in [-0.39, 0.29) is 5.82 Å². The molecule has 0 spiro atoms. The lowest BCUT2D eigenvalue weighted by Gasteiger charge is -2.06. The maximum atomic E-state index is 13.1. The molecular formula is C20H23FN4. The van der Waals surface area contributed by atoms with Crippen molar-refractivity contribution >= 4 is 0 Å². The first-order valence-corrected chi connectivity index (χ1v) is 8.56. The fourth-order valence-corrected chi connectivity index (χ4v) is 2.62. The van der Waals surface area contributed by atoms with Gasteiger partial charge in [0, 0.05) is 12.1 Å². The van der Waals surface area contributed by atoms with Crippen LogP contribution in [0.15, 0.2) is 54.6 Å². The quantitative estimate of drug-likeness (QED) is 0.711. The molecule has 0 aliphatic carbocycles. The monoisotopic (exact) mass is 338 g/mol. The molecule has 25 heavy (non-hydrogen) atoms. The van der Waals surface area contributed by atoms with Gasteiger partial charge in [0.1, 0.15) is 17.2 Å². The summed E-state index contributed by atoms with van der Waals surface area (Å²) >= 11 is 0. The molecule has 0 aliphatic rings. The second-order valence-electron chi connectivity index (χ2n) is 6.54. The molecule has 0 saturated heterocycles. The van der Waals surface area contributed by atoms with Crippen molar-refractivity contribution in [2.75, 3.05) is 6.54 Å². The van der Waals surface area contributed by atoms with Crippen molar-refractivity contribution in [1.82, 2.24) is 20.3 Å². The normalized spacial score (nSPS) is 11.2. The number of hydrogen-bond acceptors (Lipinski definition) is 3. The van der Waals surface area contributed by atoms with E-state index in [2.05, 4.69) is 29.4 Å². The Balaban J connectivity index is 1.84. The second-order valence-corrected chi connectivity index (χ2v) is 6.54. The van der Waals surface area contributed by atoms with Crippen LogP contribution in [0.25, 0.3) is 11.3 Å². The Morgan fingerprint density at radius 1 is 1.00 bits per heavy atom. The Morgan fingerprint density at radius 2 is 1.72 bits per heavy atom. The van der Waals surface area contributed by atoms with E-state index in [9.17, 15) is 4.39 Å². The molecule has 3 rings (SSSR count). The third kappa shape index (κ3) is 4.73. The Hall–Kier alpha value is -2.53. The van der Waals surface area contributed by atoms with Gasteiger partial charge in [-0.15, -0.1) is 0 Å². The molecule has 0 fully saturated rings. The van der Waals surface area contributed by atoms with Gasteiger partial charge < -0.3 is 5.32 Å². The predicted octanol–water partition coefficient (Wildman–Crippen LogP) is 3.88. The van der Waals surface area contributed by atoms with E-state index in [1.165, 1.54) is 12.1 Å². The molecule has 0 bridgehead atoms. The summed E-state index contributed by atoms with van der Waals surface area (Å²) in [6.07, 6.45) is 0. The highest BCUT2D eigenvalue weighted by molar-refractivity contribution is 5.60. The van der Waals surface area contributed by atoms with Crippen LogP contribution in [0.3, 0.4) is 0 Å². The van der Waals surface area contributed by atoms with Gasteiger partial charge in [-0.3, -0.25) is 0 Å². The Morgan fingerprint density at radius 3 is 2.40 bits per heavy atom. The highest BCUT2D eigenvalue weighted by Gasteiger charge is 2.13. The second kappa shape index (κ2) is 8.03. The summed E-state index contributed by atoms with van der Waals surface area (Å²) in [5, 5.41) is 12.7. The molecular weight excluding hydrogens is 315 g/mol. The van der Waals surface area contributed by atoms with E-state index >= 15 is 0 Å². The van der Waals surface area contributed by atoms with Gasteiger partial charge in [0.15, 0.2) is 0 Å². The Kier molecular flexibility index (Phi) is 5.56. The third-order valence-corrected chi connectivity index (χ3v) is 3.85. The van der Waals surface area contributed by atoms with Crippen molar-refractivity contribution in [3.63, 3.8) is 0 Å². The minimum absolute atomic E-state index is 0.235. The van der Waals surface area contributed by atoms with Crippen LogP contribution in [-0.2, 0) is 13.1 Å². The van der Waals surface area contributed by atoms with Crippen molar-refractivity contribution in [3.8, 4) is 11.3 Å². The molecule has 130 valence electrons. The van der Waals surface area contributed by atoms with E-state index in [0.29, 0.717) is 19.0 Å². The van der Waals surface area contributed by atoms with Gasteiger partial charge in [-0.05, 0) is 30.2 Å². The fraction of sp³-hybridized carbons (Fsp3) is 0.300. The molecule has 0 atom stereocenters. The zero-order valence-corrected chi connectivity index (χ0v) is 14.6. The number of nitrogens with one attached hydrogen (secondary N) is 1. The fourth-order valence-electron chi connectivity index (χ4n) is 2.62. The van der Waals surface area contributed by atoms with Crippen molar-refractivity contribution in [2.45, 2.75) is 26.9 Å². The van der Waals surface area contributed by atoms with Crippen molar-refractivity contribution in [1.29, 1.82) is 0 Å². The number of rotatable bonds is 7. The van der Waals surface area contributed by atoms with E-state index in [4.69, 9.17) is 0 Å². The first kappa shape index (κ1) is 17.3. The van der Waals surface area contributed by atoms with Gasteiger partial charge in [0.25, 0.3) is 0 Å². The van der Waals surface area contributed by atoms with Gasteiger partial charge in [-0.1, -0.05) is 56.3 Å². The van der Waals surface area contributed by atoms with Crippen LogP contribution in [0, 0.1) is 11.7 Å². The van der Waals surface area contributed by atoms with Gasteiger partial charge in [0.2, 0.25) is 0 Å². The van der Waals surface area contributed by atoms with Crippen LogP contribution < -0.4 is 5.32 Å². The van der Waals surface area contributed by atoms with Crippen molar-refractivity contribution < 1.29 is 4.39 Å². The summed E-state index contributed by atoms with van der Waals surface area (Å²) in [7, 11) is 0. The molecule has 0 radical (unpaired) electrons. The number of halogens is 1. The molecule has 1 heterocycles. The Labute approximate surface area is 147 Å². The predicted molar refractivity (Wildman–Crippen MR) is 97.5 cm³/mol. The molecule has 0 amide bonds. The summed E-state index contributed by atoms with van der Waals surface area (Å²) in [5.74, 6) is 0.343. The first-order valence-electron chi connectivity index (χ1n) is 8.56. The van der Waals surface area contributed by atoms with E-state index in [0.717, 1.165) is 29.1 Å². The van der Waals surface area contributed by atoms with Crippen molar-refractivity contribution in [2.24, 2.45) is 5.92 Å². The van der Waals surface area contributed by atoms with E-state index in [1.54, 1.807) is 16.9 Å². The van der Waals surface area contributed by atoms with Crippen LogP contribution in [0.5, 0.6) is 0 Å². The molecule has 1 N–H and O–H groups in total. The molecule has 3 aromatic rings. The first-order chi connectivity index (χ1) is 12.1. The zero-order valence-electron chi connectivity index (χ0n) is 14.6. The number of aromatic nitrogens is 3. The van der Waals surface area contributed by atoms with Crippen LogP contribution in [-0.4, -0.2) is 21.5 Å². The molecule has 2 aromatic carbocycles. The average Bonchev–Trinajstić information content (AvgIpc) is 3.00. The largest absolute Gasteiger partial charge is 0.311 e. The average molecular weight is 338 g/mol. The minimum atomic E-state index is -0.235. The highest BCUT2D eigenvalue weighted by atomic mass is 19.1. The standard InChI is InChI=1S/C20H23FN4/c1-15(2)12-22-13-19-20(17-6-4-3-5-7-17)24-25(23-19)14-16-8-10-18(21)11-9-16/h3-11,15,22H,12-14H2,1-2H3. The maximum absolute atomic E-state index is 13.1. The molecule has 0 unspecified atom stereocenters.